The summed E-state index contributed by atoms with van der Waals surface area (Å²) in [6.45, 7) is 1.64. The fourth-order valence-electron chi connectivity index (χ4n) is 2.69. The molecule has 1 aromatic heterocycles. The first-order valence-corrected chi connectivity index (χ1v) is 7.77. The molecule has 3 nitrogen and oxygen atoms in total. The van der Waals surface area contributed by atoms with Gasteiger partial charge in [-0.2, -0.15) is 0 Å². The maximum absolute atomic E-state index is 12.5. The molecule has 0 radical (unpaired) electrons. The highest BCUT2D eigenvalue weighted by Gasteiger charge is 2.21. The van der Waals surface area contributed by atoms with E-state index in [2.05, 4.69) is 0 Å². The molecule has 1 aliphatic rings. The van der Waals surface area contributed by atoms with Crippen molar-refractivity contribution in [3.63, 3.8) is 0 Å². The van der Waals surface area contributed by atoms with Crippen LogP contribution in [0.3, 0.4) is 0 Å². The second-order valence-electron chi connectivity index (χ2n) is 5.35. The normalized spacial score (nSPS) is 15.8. The molecule has 0 saturated carbocycles. The van der Waals surface area contributed by atoms with E-state index in [1.165, 1.54) is 12.8 Å². The number of hydrogen-bond acceptors (Lipinski definition) is 2. The molecule has 0 atom stereocenters. The lowest BCUT2D eigenvalue weighted by Gasteiger charge is -2.18. The van der Waals surface area contributed by atoms with Crippen LogP contribution in [0.2, 0.25) is 5.02 Å². The highest BCUT2D eigenvalue weighted by atomic mass is 35.5. The van der Waals surface area contributed by atoms with Gasteiger partial charge >= 0.3 is 0 Å². The molecule has 1 aromatic carbocycles. The minimum absolute atomic E-state index is 0.0183. The number of benzene rings is 1. The van der Waals surface area contributed by atoms with Gasteiger partial charge in [0.1, 0.15) is 5.76 Å². The van der Waals surface area contributed by atoms with Gasteiger partial charge in [0.25, 0.3) is 5.91 Å². The molecule has 0 bridgehead atoms. The van der Waals surface area contributed by atoms with Crippen LogP contribution < -0.4 is 0 Å². The molecule has 0 N–H and O–H groups in total. The summed E-state index contributed by atoms with van der Waals surface area (Å²) >= 11 is 6.16. The maximum atomic E-state index is 12.5. The summed E-state index contributed by atoms with van der Waals surface area (Å²) in [6, 6.07) is 11.0. The smallest absolute Gasteiger partial charge is 0.289 e. The van der Waals surface area contributed by atoms with Gasteiger partial charge < -0.3 is 9.32 Å². The van der Waals surface area contributed by atoms with E-state index >= 15 is 0 Å². The van der Waals surface area contributed by atoms with Gasteiger partial charge in [-0.05, 0) is 37.1 Å². The van der Waals surface area contributed by atoms with Gasteiger partial charge in [-0.25, -0.2) is 0 Å². The van der Waals surface area contributed by atoms with Crippen molar-refractivity contribution in [1.29, 1.82) is 0 Å². The van der Waals surface area contributed by atoms with Crippen molar-refractivity contribution in [3.05, 3.63) is 47.2 Å². The Morgan fingerprint density at radius 3 is 2.43 bits per heavy atom. The number of rotatable bonds is 2. The third-order valence-corrected chi connectivity index (χ3v) is 4.18. The molecule has 1 amide bonds. The Balaban J connectivity index is 1.81. The van der Waals surface area contributed by atoms with Crippen LogP contribution >= 0.6 is 11.6 Å². The number of likely N-dealkylation sites (tertiary alicyclic amines) is 1. The minimum Gasteiger partial charge on any atom is -0.451 e. The Hall–Kier alpha value is -1.74. The van der Waals surface area contributed by atoms with Gasteiger partial charge in [0.15, 0.2) is 5.76 Å². The van der Waals surface area contributed by atoms with Crippen LogP contribution in [0.5, 0.6) is 0 Å². The van der Waals surface area contributed by atoms with Gasteiger partial charge in [0.05, 0.1) is 5.02 Å². The van der Waals surface area contributed by atoms with Crippen LogP contribution in [0.15, 0.2) is 40.8 Å². The number of carbonyl (C=O) groups is 1. The zero-order valence-corrected chi connectivity index (χ0v) is 12.6. The average Bonchev–Trinajstić information content (AvgIpc) is 2.82. The molecular weight excluding hydrogens is 286 g/mol. The number of amides is 1. The van der Waals surface area contributed by atoms with Gasteiger partial charge in [-0.3, -0.25) is 4.79 Å². The first-order chi connectivity index (χ1) is 10.3. The monoisotopic (exact) mass is 303 g/mol. The summed E-state index contributed by atoms with van der Waals surface area (Å²) in [5.41, 5.74) is 0.814. The molecule has 1 saturated heterocycles. The van der Waals surface area contributed by atoms with Crippen LogP contribution in [-0.4, -0.2) is 23.9 Å². The molecule has 3 rings (SSSR count). The fraction of sp³-hybridized carbons (Fsp3) is 0.353. The van der Waals surface area contributed by atoms with E-state index in [1.807, 2.05) is 35.2 Å². The number of nitrogens with zero attached hydrogens (tertiary/aromatic N) is 1. The van der Waals surface area contributed by atoms with E-state index in [4.69, 9.17) is 16.0 Å². The zero-order valence-electron chi connectivity index (χ0n) is 11.8. The minimum atomic E-state index is -0.0183. The fourth-order valence-corrected chi connectivity index (χ4v) is 2.92. The number of hydrogen-bond donors (Lipinski definition) is 0. The standard InChI is InChI=1S/C17H18ClNO2/c18-14-8-4-3-7-13(14)15-9-10-16(21-15)17(20)19-11-5-1-2-6-12-19/h3-4,7-10H,1-2,5-6,11-12H2. The van der Waals surface area contributed by atoms with Gasteiger partial charge in [0.2, 0.25) is 0 Å². The highest BCUT2D eigenvalue weighted by molar-refractivity contribution is 6.33. The summed E-state index contributed by atoms with van der Waals surface area (Å²) in [5.74, 6) is 1.01. The molecule has 4 heteroatoms. The molecular formula is C17H18ClNO2. The van der Waals surface area contributed by atoms with Crippen LogP contribution in [0.1, 0.15) is 36.2 Å². The van der Waals surface area contributed by atoms with Gasteiger partial charge in [0, 0.05) is 18.7 Å². The summed E-state index contributed by atoms with van der Waals surface area (Å²) < 4.78 is 5.73. The summed E-state index contributed by atoms with van der Waals surface area (Å²) in [5, 5.41) is 0.626. The number of furan rings is 1. The molecule has 110 valence electrons. The molecule has 21 heavy (non-hydrogen) atoms. The molecule has 0 spiro atoms. The van der Waals surface area contributed by atoms with Crippen LogP contribution in [-0.2, 0) is 0 Å². The van der Waals surface area contributed by atoms with Crippen LogP contribution in [0.4, 0.5) is 0 Å². The van der Waals surface area contributed by atoms with E-state index in [-0.39, 0.29) is 5.91 Å². The van der Waals surface area contributed by atoms with E-state index in [0.29, 0.717) is 16.5 Å². The van der Waals surface area contributed by atoms with Crippen LogP contribution in [0, 0.1) is 0 Å². The SMILES string of the molecule is O=C(c1ccc(-c2ccccc2Cl)o1)N1CCCCCC1. The third-order valence-electron chi connectivity index (χ3n) is 3.85. The lowest BCUT2D eigenvalue weighted by Crippen LogP contribution is -2.31. The Kier molecular flexibility index (Phi) is 4.30. The quantitative estimate of drug-likeness (QED) is 0.811. The van der Waals surface area contributed by atoms with Crippen molar-refractivity contribution < 1.29 is 9.21 Å². The number of halogens is 1. The van der Waals surface area contributed by atoms with E-state index in [0.717, 1.165) is 31.5 Å². The summed E-state index contributed by atoms with van der Waals surface area (Å²) in [7, 11) is 0. The average molecular weight is 304 g/mol. The molecule has 0 unspecified atom stereocenters. The first-order valence-electron chi connectivity index (χ1n) is 7.40. The van der Waals surface area contributed by atoms with Crippen LogP contribution in [0.25, 0.3) is 11.3 Å². The Labute approximate surface area is 129 Å². The van der Waals surface area contributed by atoms with Crippen molar-refractivity contribution in [2.24, 2.45) is 0 Å². The maximum Gasteiger partial charge on any atom is 0.289 e. The number of carbonyl (C=O) groups excluding carboxylic acids is 1. The molecule has 2 aromatic rings. The second-order valence-corrected chi connectivity index (χ2v) is 5.76. The zero-order chi connectivity index (χ0) is 14.7. The summed E-state index contributed by atoms with van der Waals surface area (Å²) in [6.07, 6.45) is 4.55. The molecule has 0 aliphatic carbocycles. The molecule has 2 heterocycles. The Morgan fingerprint density at radius 2 is 1.71 bits per heavy atom. The second kappa shape index (κ2) is 6.35. The van der Waals surface area contributed by atoms with E-state index in [1.54, 1.807) is 6.07 Å². The van der Waals surface area contributed by atoms with Crippen molar-refractivity contribution in [2.75, 3.05) is 13.1 Å². The lowest BCUT2D eigenvalue weighted by molar-refractivity contribution is 0.0730. The molecule has 1 aliphatic heterocycles. The van der Waals surface area contributed by atoms with Crippen molar-refractivity contribution in [2.45, 2.75) is 25.7 Å². The highest BCUT2D eigenvalue weighted by Crippen LogP contribution is 2.29. The lowest BCUT2D eigenvalue weighted by atomic mass is 10.2. The topological polar surface area (TPSA) is 33.5 Å². The molecule has 1 fully saturated rings. The van der Waals surface area contributed by atoms with E-state index < -0.39 is 0 Å². The predicted molar refractivity (Wildman–Crippen MR) is 83.5 cm³/mol. The van der Waals surface area contributed by atoms with Crippen molar-refractivity contribution in [1.82, 2.24) is 4.90 Å². The van der Waals surface area contributed by atoms with Gasteiger partial charge in [-0.1, -0.05) is 36.6 Å². The summed E-state index contributed by atoms with van der Waals surface area (Å²) in [4.78, 5) is 14.4. The third kappa shape index (κ3) is 3.13. The Bertz CT molecular complexity index is 627. The van der Waals surface area contributed by atoms with Crippen molar-refractivity contribution >= 4 is 17.5 Å². The van der Waals surface area contributed by atoms with Gasteiger partial charge in [-0.15, -0.1) is 0 Å². The Morgan fingerprint density at radius 1 is 1.00 bits per heavy atom. The largest absolute Gasteiger partial charge is 0.451 e. The first kappa shape index (κ1) is 14.2. The van der Waals surface area contributed by atoms with E-state index in [9.17, 15) is 4.79 Å². The predicted octanol–water partition coefficient (Wildman–Crippen LogP) is 4.62. The van der Waals surface area contributed by atoms with Crippen molar-refractivity contribution in [3.8, 4) is 11.3 Å².